The number of carbonyl (C=O) groups excluding carboxylic acids is 3. The topological polar surface area (TPSA) is 102 Å². The third-order valence-electron chi connectivity index (χ3n) is 2.28. The van der Waals surface area contributed by atoms with Crippen LogP contribution in [0.5, 0.6) is 0 Å². The van der Waals surface area contributed by atoms with Crippen molar-refractivity contribution in [2.75, 3.05) is 19.7 Å². The first-order valence-corrected chi connectivity index (χ1v) is 5.41. The van der Waals surface area contributed by atoms with Gasteiger partial charge in [0, 0.05) is 6.54 Å². The predicted octanol–water partition coefficient (Wildman–Crippen LogP) is -0.935. The number of cyclic esters (lactones) is 1. The zero-order valence-corrected chi connectivity index (χ0v) is 9.93. The number of rotatable bonds is 5. The first-order valence-electron chi connectivity index (χ1n) is 5.41. The highest BCUT2D eigenvalue weighted by molar-refractivity contribution is 5.90. The molecule has 7 nitrogen and oxygen atoms in total. The molecule has 0 aromatic heterocycles. The van der Waals surface area contributed by atoms with Gasteiger partial charge in [-0.25, -0.2) is 4.79 Å². The third-order valence-corrected chi connectivity index (χ3v) is 2.28. The molecule has 0 radical (unpaired) electrons. The minimum absolute atomic E-state index is 0.0101. The molecule has 0 aromatic carbocycles. The van der Waals surface area contributed by atoms with Gasteiger partial charge in [0.25, 0.3) is 0 Å². The number of nitrogens with two attached hydrogens (primary N) is 1. The molecule has 7 heteroatoms. The van der Waals surface area contributed by atoms with Gasteiger partial charge in [0.15, 0.2) is 0 Å². The second-order valence-electron chi connectivity index (χ2n) is 4.32. The molecule has 3 amide bonds. The van der Waals surface area contributed by atoms with Crippen molar-refractivity contribution in [3.05, 3.63) is 0 Å². The van der Waals surface area contributed by atoms with Crippen LogP contribution in [0.15, 0.2) is 0 Å². The van der Waals surface area contributed by atoms with E-state index >= 15 is 0 Å². The largest absolute Gasteiger partial charge is 0.447 e. The summed E-state index contributed by atoms with van der Waals surface area (Å²) in [4.78, 5) is 35.0. The highest BCUT2D eigenvalue weighted by atomic mass is 16.6. The summed E-state index contributed by atoms with van der Waals surface area (Å²) in [5, 5.41) is 2.36. The van der Waals surface area contributed by atoms with Crippen LogP contribution in [0.2, 0.25) is 0 Å². The van der Waals surface area contributed by atoms with E-state index in [1.165, 1.54) is 4.90 Å². The number of hydrogen-bond acceptors (Lipinski definition) is 4. The van der Waals surface area contributed by atoms with Crippen LogP contribution in [0.1, 0.15) is 13.8 Å². The molecule has 1 fully saturated rings. The van der Waals surface area contributed by atoms with E-state index in [0.717, 1.165) is 0 Å². The van der Waals surface area contributed by atoms with Gasteiger partial charge in [0.1, 0.15) is 12.6 Å². The predicted molar refractivity (Wildman–Crippen MR) is 58.9 cm³/mol. The lowest BCUT2D eigenvalue weighted by atomic mass is 10.2. The Morgan fingerprint density at radius 3 is 2.76 bits per heavy atom. The highest BCUT2D eigenvalue weighted by Gasteiger charge is 2.38. The van der Waals surface area contributed by atoms with Gasteiger partial charge >= 0.3 is 6.09 Å². The van der Waals surface area contributed by atoms with Gasteiger partial charge in [0.05, 0.1) is 6.54 Å². The van der Waals surface area contributed by atoms with E-state index in [4.69, 9.17) is 10.5 Å². The Hall–Kier alpha value is -1.79. The number of ether oxygens (including phenoxy) is 1. The molecule has 0 bridgehead atoms. The minimum atomic E-state index is -0.677. The van der Waals surface area contributed by atoms with Gasteiger partial charge in [-0.2, -0.15) is 0 Å². The van der Waals surface area contributed by atoms with Crippen molar-refractivity contribution in [1.29, 1.82) is 0 Å². The van der Waals surface area contributed by atoms with Crippen molar-refractivity contribution in [1.82, 2.24) is 10.2 Å². The number of hydrogen-bond donors (Lipinski definition) is 2. The lowest BCUT2D eigenvalue weighted by Crippen LogP contribution is -2.48. The van der Waals surface area contributed by atoms with Gasteiger partial charge < -0.3 is 15.8 Å². The fourth-order valence-electron chi connectivity index (χ4n) is 1.55. The van der Waals surface area contributed by atoms with Gasteiger partial charge in [-0.15, -0.1) is 0 Å². The number of nitrogens with one attached hydrogen (secondary N) is 1. The Bertz CT molecular complexity index is 330. The molecular weight excluding hydrogens is 226 g/mol. The fraction of sp³-hybridized carbons (Fsp3) is 0.700. The van der Waals surface area contributed by atoms with E-state index in [1.54, 1.807) is 0 Å². The van der Waals surface area contributed by atoms with Crippen LogP contribution < -0.4 is 11.1 Å². The van der Waals surface area contributed by atoms with E-state index < -0.39 is 23.9 Å². The smallest absolute Gasteiger partial charge is 0.410 e. The molecule has 0 spiro atoms. The van der Waals surface area contributed by atoms with Crippen molar-refractivity contribution >= 4 is 17.9 Å². The molecule has 1 atom stereocenters. The molecule has 1 rings (SSSR count). The van der Waals surface area contributed by atoms with Crippen molar-refractivity contribution in [2.45, 2.75) is 19.9 Å². The highest BCUT2D eigenvalue weighted by Crippen LogP contribution is 2.14. The first kappa shape index (κ1) is 13.3. The van der Waals surface area contributed by atoms with Gasteiger partial charge in [-0.05, 0) is 5.92 Å². The van der Waals surface area contributed by atoms with Crippen LogP contribution in [-0.2, 0) is 14.3 Å². The maximum Gasteiger partial charge on any atom is 0.410 e. The molecular formula is C10H17N3O4. The molecule has 0 aliphatic carbocycles. The summed E-state index contributed by atoms with van der Waals surface area (Å²) in [5.41, 5.74) is 4.92. The zero-order chi connectivity index (χ0) is 13.0. The average Bonchev–Trinajstić information content (AvgIpc) is 2.56. The lowest BCUT2D eigenvalue weighted by molar-refractivity contribution is -0.127. The molecule has 3 N–H and O–H groups in total. The molecule has 0 unspecified atom stereocenters. The van der Waals surface area contributed by atoms with E-state index in [0.29, 0.717) is 6.54 Å². The molecule has 1 saturated heterocycles. The monoisotopic (exact) mass is 243 g/mol. The summed E-state index contributed by atoms with van der Waals surface area (Å²) in [7, 11) is 0. The molecule has 0 saturated carbocycles. The molecule has 1 heterocycles. The summed E-state index contributed by atoms with van der Waals surface area (Å²) < 4.78 is 4.82. The summed E-state index contributed by atoms with van der Waals surface area (Å²) >= 11 is 0. The molecule has 17 heavy (non-hydrogen) atoms. The van der Waals surface area contributed by atoms with E-state index in [1.807, 2.05) is 13.8 Å². The van der Waals surface area contributed by atoms with E-state index in [9.17, 15) is 14.4 Å². The molecule has 1 aliphatic heterocycles. The van der Waals surface area contributed by atoms with Gasteiger partial charge in [0.2, 0.25) is 11.8 Å². The van der Waals surface area contributed by atoms with Crippen LogP contribution in [0, 0.1) is 5.92 Å². The maximum absolute atomic E-state index is 11.7. The van der Waals surface area contributed by atoms with Crippen LogP contribution in [-0.4, -0.2) is 48.5 Å². The quantitative estimate of drug-likeness (QED) is 0.651. The first-order chi connectivity index (χ1) is 7.91. The molecule has 1 aliphatic rings. The standard InChI is InChI=1S/C10H17N3O4/c1-6(2)4-13-7(5-17-10(13)16)9(15)12-3-8(11)14/h6-7H,3-5H2,1-2H3,(H2,11,14)(H,12,15)/t7-/m0/s1. The van der Waals surface area contributed by atoms with Gasteiger partial charge in [-0.3, -0.25) is 14.5 Å². The average molecular weight is 243 g/mol. The van der Waals surface area contributed by atoms with Crippen molar-refractivity contribution < 1.29 is 19.1 Å². The van der Waals surface area contributed by atoms with E-state index in [2.05, 4.69) is 5.32 Å². The Morgan fingerprint density at radius 2 is 2.24 bits per heavy atom. The minimum Gasteiger partial charge on any atom is -0.447 e. The normalized spacial score (nSPS) is 19.4. The van der Waals surface area contributed by atoms with Crippen molar-refractivity contribution in [2.24, 2.45) is 11.7 Å². The molecule has 96 valence electrons. The van der Waals surface area contributed by atoms with Crippen molar-refractivity contribution in [3.8, 4) is 0 Å². The second-order valence-corrected chi connectivity index (χ2v) is 4.32. The summed E-state index contributed by atoms with van der Waals surface area (Å²) in [6, 6.07) is -0.677. The van der Waals surface area contributed by atoms with Gasteiger partial charge in [-0.1, -0.05) is 13.8 Å². The number of nitrogens with zero attached hydrogens (tertiary/aromatic N) is 1. The van der Waals surface area contributed by atoms with Crippen LogP contribution in [0.25, 0.3) is 0 Å². The fourth-order valence-corrected chi connectivity index (χ4v) is 1.55. The Kier molecular flexibility index (Phi) is 4.30. The Labute approximate surface area is 99.3 Å². The van der Waals surface area contributed by atoms with Crippen LogP contribution in [0.4, 0.5) is 4.79 Å². The SMILES string of the molecule is CC(C)CN1C(=O)OC[C@H]1C(=O)NCC(N)=O. The second kappa shape index (κ2) is 5.51. The zero-order valence-electron chi connectivity index (χ0n) is 9.93. The molecule has 0 aromatic rings. The number of carbonyl (C=O) groups is 3. The third kappa shape index (κ3) is 3.61. The summed E-state index contributed by atoms with van der Waals surface area (Å²) in [5.74, 6) is -0.818. The van der Waals surface area contributed by atoms with Crippen LogP contribution >= 0.6 is 0 Å². The lowest BCUT2D eigenvalue weighted by Gasteiger charge is -2.22. The Morgan fingerprint density at radius 1 is 1.59 bits per heavy atom. The maximum atomic E-state index is 11.7. The number of primary amides is 1. The number of amides is 3. The van der Waals surface area contributed by atoms with Crippen LogP contribution in [0.3, 0.4) is 0 Å². The summed E-state index contributed by atoms with van der Waals surface area (Å²) in [6.45, 7) is 4.08. The Balaban J connectivity index is 2.58. The summed E-state index contributed by atoms with van der Waals surface area (Å²) in [6.07, 6.45) is -0.502. The van der Waals surface area contributed by atoms with Crippen molar-refractivity contribution in [3.63, 3.8) is 0 Å². The van der Waals surface area contributed by atoms with E-state index in [-0.39, 0.29) is 19.1 Å².